The van der Waals surface area contributed by atoms with Crippen molar-refractivity contribution in [2.45, 2.75) is 20.3 Å². The normalized spacial score (nSPS) is 11.3. The van der Waals surface area contributed by atoms with Crippen LogP contribution in [0.1, 0.15) is 26.1 Å². The number of methoxy groups -OCH3 is 1. The first kappa shape index (κ1) is 24.6. The first-order valence-electron chi connectivity index (χ1n) is 9.60. The first-order valence-corrected chi connectivity index (χ1v) is 14.0. The summed E-state index contributed by atoms with van der Waals surface area (Å²) < 4.78 is 35.7. The van der Waals surface area contributed by atoms with Gasteiger partial charge in [0.1, 0.15) is 10.7 Å². The number of imidazole rings is 1. The molecule has 1 atom stereocenters. The number of fused-ring (bicyclic) bond motifs is 1. The fourth-order valence-electron chi connectivity index (χ4n) is 3.12. The number of rotatable bonds is 6. The molecule has 32 heavy (non-hydrogen) atoms. The second kappa shape index (κ2) is 10.7. The monoisotopic (exact) mass is 592 g/mol. The number of ether oxygens (including phenoxy) is 1. The number of benzene rings is 1. The zero-order chi connectivity index (χ0) is 23.4. The largest absolute Gasteiger partial charge is 0.494 e. The lowest BCUT2D eigenvalue weighted by Gasteiger charge is -2.14. The molecule has 0 fully saturated rings. The number of hydrogen-bond acceptors (Lipinski definition) is 5. The van der Waals surface area contributed by atoms with E-state index < -0.39 is 6.43 Å². The number of aromatic nitrogens is 5. The minimum absolute atomic E-state index is 0.000305. The van der Waals surface area contributed by atoms with Gasteiger partial charge in [0.2, 0.25) is 0 Å². The Bertz CT molecular complexity index is 1230. The van der Waals surface area contributed by atoms with Crippen molar-refractivity contribution in [1.82, 2.24) is 24.1 Å². The van der Waals surface area contributed by atoms with Gasteiger partial charge in [0.25, 0.3) is 6.43 Å². The van der Waals surface area contributed by atoms with E-state index in [1.807, 2.05) is 73.4 Å². The number of para-hydroxylation sites is 1. The summed E-state index contributed by atoms with van der Waals surface area (Å²) >= 11 is 8.20. The van der Waals surface area contributed by atoms with Gasteiger partial charge in [0.15, 0.2) is 17.2 Å². The summed E-state index contributed by atoms with van der Waals surface area (Å²) in [6, 6.07) is 8.99. The van der Waals surface area contributed by atoms with Crippen LogP contribution in [-0.2, 0) is 7.05 Å². The van der Waals surface area contributed by atoms with E-state index in [1.54, 1.807) is 17.9 Å². The second-order valence-corrected chi connectivity index (χ2v) is 8.69. The molecule has 0 spiro atoms. The second-order valence-electron chi connectivity index (χ2n) is 6.24. The van der Waals surface area contributed by atoms with Gasteiger partial charge in [-0.3, -0.25) is 9.02 Å². The van der Waals surface area contributed by atoms with Crippen molar-refractivity contribution >= 4 is 62.6 Å². The SMILES string of the molecule is CC.COc1c(Nc2cc(Cl)nc3c2nc(C(F)F)n3PI)cccc1-c1ccn(C)n1. The summed E-state index contributed by atoms with van der Waals surface area (Å²) in [5.74, 6) is 0.214. The Morgan fingerprint density at radius 3 is 2.53 bits per heavy atom. The molecule has 7 nitrogen and oxygen atoms in total. The van der Waals surface area contributed by atoms with Crippen LogP contribution in [0.5, 0.6) is 5.75 Å². The Labute approximate surface area is 203 Å². The van der Waals surface area contributed by atoms with Gasteiger partial charge in [-0.05, 0) is 40.2 Å². The summed E-state index contributed by atoms with van der Waals surface area (Å²) in [7, 11) is 3.39. The predicted octanol–water partition coefficient (Wildman–Crippen LogP) is 6.99. The molecule has 1 N–H and O–H groups in total. The summed E-state index contributed by atoms with van der Waals surface area (Å²) in [5.41, 5.74) is 3.21. The molecular formula is C20H21ClF2IN6OP. The lowest BCUT2D eigenvalue weighted by molar-refractivity contribution is 0.140. The molecule has 4 aromatic rings. The molecule has 1 unspecified atom stereocenters. The van der Waals surface area contributed by atoms with Gasteiger partial charge < -0.3 is 10.1 Å². The number of anilines is 2. The first-order chi connectivity index (χ1) is 15.4. The zero-order valence-corrected chi connectivity index (χ0v) is 21.6. The molecule has 12 heteroatoms. The Morgan fingerprint density at radius 1 is 1.19 bits per heavy atom. The quantitative estimate of drug-likeness (QED) is 0.148. The fourth-order valence-corrected chi connectivity index (χ4v) is 5.21. The van der Waals surface area contributed by atoms with E-state index in [2.05, 4.69) is 20.4 Å². The maximum Gasteiger partial charge on any atom is 0.295 e. The third kappa shape index (κ3) is 4.82. The lowest BCUT2D eigenvalue weighted by Crippen LogP contribution is -1.99. The van der Waals surface area contributed by atoms with Crippen LogP contribution in [0.2, 0.25) is 5.15 Å². The molecule has 0 aliphatic heterocycles. The molecule has 3 heterocycles. The Hall–Kier alpha value is -2.04. The average Bonchev–Trinajstić information content (AvgIpc) is 3.38. The van der Waals surface area contributed by atoms with Crippen LogP contribution in [0.3, 0.4) is 0 Å². The molecule has 0 amide bonds. The highest BCUT2D eigenvalue weighted by atomic mass is 127. The Balaban J connectivity index is 0.00000141. The van der Waals surface area contributed by atoms with Gasteiger partial charge in [-0.2, -0.15) is 5.10 Å². The molecule has 0 bridgehead atoms. The van der Waals surface area contributed by atoms with Crippen molar-refractivity contribution in [3.05, 3.63) is 47.5 Å². The zero-order valence-electron chi connectivity index (χ0n) is 17.7. The number of nitrogens with zero attached hydrogens (tertiary/aromatic N) is 5. The molecule has 3 aromatic heterocycles. The molecule has 4 rings (SSSR count). The fraction of sp³-hybridized carbons (Fsp3) is 0.250. The van der Waals surface area contributed by atoms with E-state index in [4.69, 9.17) is 16.3 Å². The average molecular weight is 593 g/mol. The van der Waals surface area contributed by atoms with E-state index in [-0.39, 0.29) is 17.4 Å². The third-order valence-electron chi connectivity index (χ3n) is 4.37. The van der Waals surface area contributed by atoms with Crippen LogP contribution in [0.4, 0.5) is 20.2 Å². The standard InChI is InChI=1S/C18H15ClF2IN6OP.C2H6/c1-27-7-6-10(26-27)9-4-3-5-11(15(9)29-2)23-12-8-13(19)24-17-14(12)25-18(16(20)21)28(17)30-22;1-2/h3-8,16,30H,1-2H3,(H,23,24);1-2H3. The Morgan fingerprint density at radius 2 is 1.94 bits per heavy atom. The molecule has 0 saturated heterocycles. The molecule has 0 aliphatic carbocycles. The smallest absolute Gasteiger partial charge is 0.295 e. The van der Waals surface area contributed by atoms with Crippen molar-refractivity contribution in [2.24, 2.45) is 7.05 Å². The summed E-state index contributed by atoms with van der Waals surface area (Å²) in [6.07, 6.45) is -0.889. The van der Waals surface area contributed by atoms with Gasteiger partial charge in [0, 0.05) is 24.9 Å². The minimum Gasteiger partial charge on any atom is -0.494 e. The summed E-state index contributed by atoms with van der Waals surface area (Å²) in [6.45, 7) is 4.00. The molecule has 0 radical (unpaired) electrons. The molecular weight excluding hydrogens is 572 g/mol. The maximum atomic E-state index is 13.5. The van der Waals surface area contributed by atoms with E-state index >= 15 is 0 Å². The summed E-state index contributed by atoms with van der Waals surface area (Å²) in [5, 5.41) is 7.82. The van der Waals surface area contributed by atoms with E-state index in [9.17, 15) is 8.78 Å². The van der Waals surface area contributed by atoms with Crippen LogP contribution in [0.15, 0.2) is 36.5 Å². The topological polar surface area (TPSA) is 69.8 Å². The molecule has 1 aromatic carbocycles. The number of hydrogen-bond donors (Lipinski definition) is 1. The van der Waals surface area contributed by atoms with Crippen LogP contribution in [0.25, 0.3) is 22.4 Å². The minimum atomic E-state index is -2.73. The number of aryl methyl sites for hydroxylation is 1. The maximum absolute atomic E-state index is 13.5. The van der Waals surface area contributed by atoms with E-state index in [0.29, 0.717) is 28.3 Å². The highest BCUT2D eigenvalue weighted by Gasteiger charge is 2.23. The highest BCUT2D eigenvalue weighted by Crippen LogP contribution is 2.41. The van der Waals surface area contributed by atoms with Gasteiger partial charge in [-0.15, -0.1) is 0 Å². The number of alkyl halides is 2. The van der Waals surface area contributed by atoms with Crippen LogP contribution in [0, 0.1) is 0 Å². The van der Waals surface area contributed by atoms with Gasteiger partial charge in [0.05, 0.1) is 30.6 Å². The van der Waals surface area contributed by atoms with Crippen LogP contribution < -0.4 is 10.1 Å². The molecule has 0 saturated carbocycles. The van der Waals surface area contributed by atoms with E-state index in [0.717, 1.165) is 11.3 Å². The lowest BCUT2D eigenvalue weighted by atomic mass is 10.1. The van der Waals surface area contributed by atoms with E-state index in [1.165, 1.54) is 4.34 Å². The van der Waals surface area contributed by atoms with Crippen molar-refractivity contribution in [1.29, 1.82) is 0 Å². The van der Waals surface area contributed by atoms with Gasteiger partial charge in [-0.25, -0.2) is 18.7 Å². The van der Waals surface area contributed by atoms with Crippen LogP contribution in [-0.4, -0.2) is 31.2 Å². The van der Waals surface area contributed by atoms with Crippen molar-refractivity contribution in [3.8, 4) is 17.0 Å². The number of nitrogens with one attached hydrogen (secondary N) is 1. The third-order valence-corrected chi connectivity index (χ3v) is 6.62. The number of pyridine rings is 1. The Kier molecular flexibility index (Phi) is 8.24. The van der Waals surface area contributed by atoms with Crippen molar-refractivity contribution in [3.63, 3.8) is 0 Å². The molecule has 0 aliphatic rings. The summed E-state index contributed by atoms with van der Waals surface area (Å²) in [4.78, 5) is 8.35. The van der Waals surface area contributed by atoms with Gasteiger partial charge >= 0.3 is 0 Å². The predicted molar refractivity (Wildman–Crippen MR) is 135 cm³/mol. The van der Waals surface area contributed by atoms with Crippen molar-refractivity contribution in [2.75, 3.05) is 12.4 Å². The van der Waals surface area contributed by atoms with Crippen molar-refractivity contribution < 1.29 is 13.5 Å². The van der Waals surface area contributed by atoms with Crippen LogP contribution >= 0.6 is 40.0 Å². The molecule has 170 valence electrons. The highest BCUT2D eigenvalue weighted by molar-refractivity contribution is 14.2. The van der Waals surface area contributed by atoms with Gasteiger partial charge in [-0.1, -0.05) is 31.5 Å². The number of halogens is 4.